The molecule has 14 heavy (non-hydrogen) atoms. The summed E-state index contributed by atoms with van der Waals surface area (Å²) in [6.07, 6.45) is 7.54. The minimum Gasteiger partial charge on any atom is -0.387 e. The molecule has 0 saturated heterocycles. The smallest absolute Gasteiger partial charge is 0.0937 e. The number of aliphatic imine (C=N–C) groups is 1. The van der Waals surface area contributed by atoms with Gasteiger partial charge < -0.3 is 5.73 Å². The van der Waals surface area contributed by atoms with Crippen molar-refractivity contribution in [2.75, 3.05) is 6.54 Å². The van der Waals surface area contributed by atoms with Crippen molar-refractivity contribution in [1.29, 1.82) is 0 Å². The van der Waals surface area contributed by atoms with Gasteiger partial charge in [-0.25, -0.2) is 0 Å². The van der Waals surface area contributed by atoms with Crippen LogP contribution in [0.5, 0.6) is 0 Å². The fraction of sp³-hybridized carbons (Fsp3) is 0.917. The van der Waals surface area contributed by atoms with Gasteiger partial charge in [0.2, 0.25) is 0 Å². The van der Waals surface area contributed by atoms with Gasteiger partial charge in [-0.1, -0.05) is 26.7 Å². The zero-order valence-corrected chi connectivity index (χ0v) is 9.63. The van der Waals surface area contributed by atoms with Gasteiger partial charge in [0.15, 0.2) is 0 Å². The van der Waals surface area contributed by atoms with Gasteiger partial charge in [0.25, 0.3) is 0 Å². The summed E-state index contributed by atoms with van der Waals surface area (Å²) < 4.78 is 0. The molecular formula is C12H24N2. The predicted molar refractivity (Wildman–Crippen MR) is 62.5 cm³/mol. The standard InChI is InChI=1S/C12H24N2/c1-3-4-12(13)14-9-11-7-5-10(2)6-8-11/h10-11H,3-9H2,1-2H3,(H2,13,14). The summed E-state index contributed by atoms with van der Waals surface area (Å²) >= 11 is 0. The van der Waals surface area contributed by atoms with Gasteiger partial charge in [-0.15, -0.1) is 0 Å². The maximum atomic E-state index is 5.78. The van der Waals surface area contributed by atoms with Crippen molar-refractivity contribution >= 4 is 5.84 Å². The lowest BCUT2D eigenvalue weighted by atomic mass is 9.83. The summed E-state index contributed by atoms with van der Waals surface area (Å²) in [6.45, 7) is 5.47. The SMILES string of the molecule is CCCC(N)=NCC1CCC(C)CC1. The molecule has 0 radical (unpaired) electrons. The first-order valence-electron chi connectivity index (χ1n) is 6.01. The van der Waals surface area contributed by atoms with Gasteiger partial charge in [-0.2, -0.15) is 0 Å². The zero-order chi connectivity index (χ0) is 10.4. The van der Waals surface area contributed by atoms with E-state index in [2.05, 4.69) is 18.8 Å². The Morgan fingerprint density at radius 1 is 1.29 bits per heavy atom. The third-order valence-electron chi connectivity index (χ3n) is 3.19. The van der Waals surface area contributed by atoms with Crippen molar-refractivity contribution in [3.05, 3.63) is 0 Å². The van der Waals surface area contributed by atoms with Gasteiger partial charge >= 0.3 is 0 Å². The summed E-state index contributed by atoms with van der Waals surface area (Å²) in [6, 6.07) is 0. The maximum Gasteiger partial charge on any atom is 0.0937 e. The second-order valence-electron chi connectivity index (χ2n) is 4.71. The largest absolute Gasteiger partial charge is 0.387 e. The van der Waals surface area contributed by atoms with E-state index in [1.54, 1.807) is 0 Å². The molecule has 1 rings (SSSR count). The Balaban J connectivity index is 2.21. The quantitative estimate of drug-likeness (QED) is 0.545. The lowest BCUT2D eigenvalue weighted by molar-refractivity contribution is 0.296. The molecule has 2 nitrogen and oxygen atoms in total. The van der Waals surface area contributed by atoms with Crippen LogP contribution in [0.25, 0.3) is 0 Å². The van der Waals surface area contributed by atoms with Crippen molar-refractivity contribution in [3.8, 4) is 0 Å². The Hall–Kier alpha value is -0.530. The maximum absolute atomic E-state index is 5.78. The van der Waals surface area contributed by atoms with Crippen molar-refractivity contribution in [1.82, 2.24) is 0 Å². The fourth-order valence-corrected chi connectivity index (χ4v) is 2.09. The molecule has 82 valence electrons. The minimum atomic E-state index is 0.807. The molecule has 0 aromatic heterocycles. The van der Waals surface area contributed by atoms with Crippen LogP contribution in [0, 0.1) is 11.8 Å². The number of rotatable bonds is 4. The van der Waals surface area contributed by atoms with Crippen LogP contribution in [0.3, 0.4) is 0 Å². The molecule has 1 saturated carbocycles. The molecule has 0 bridgehead atoms. The van der Waals surface area contributed by atoms with E-state index in [0.717, 1.165) is 37.1 Å². The van der Waals surface area contributed by atoms with E-state index in [1.165, 1.54) is 25.7 Å². The third kappa shape index (κ3) is 4.12. The number of nitrogens with two attached hydrogens (primary N) is 1. The van der Waals surface area contributed by atoms with Gasteiger partial charge in [0.1, 0.15) is 0 Å². The van der Waals surface area contributed by atoms with Crippen LogP contribution in [0.1, 0.15) is 52.4 Å². The first kappa shape index (κ1) is 11.5. The second kappa shape index (κ2) is 6.05. The molecule has 0 amide bonds. The lowest BCUT2D eigenvalue weighted by Crippen LogP contribution is -2.18. The Labute approximate surface area is 88.0 Å². The highest BCUT2D eigenvalue weighted by molar-refractivity contribution is 5.80. The molecule has 1 fully saturated rings. The highest BCUT2D eigenvalue weighted by Crippen LogP contribution is 2.28. The first-order chi connectivity index (χ1) is 6.72. The van der Waals surface area contributed by atoms with Crippen LogP contribution in [0.4, 0.5) is 0 Å². The van der Waals surface area contributed by atoms with Crippen molar-refractivity contribution in [3.63, 3.8) is 0 Å². The highest BCUT2D eigenvalue weighted by atomic mass is 14.8. The average Bonchev–Trinajstić information content (AvgIpc) is 2.17. The summed E-state index contributed by atoms with van der Waals surface area (Å²) in [5.74, 6) is 2.59. The van der Waals surface area contributed by atoms with Gasteiger partial charge in [0, 0.05) is 13.0 Å². The molecule has 2 N–H and O–H groups in total. The van der Waals surface area contributed by atoms with Crippen LogP contribution in [-0.2, 0) is 0 Å². The van der Waals surface area contributed by atoms with E-state index < -0.39 is 0 Å². The molecule has 1 aliphatic carbocycles. The molecule has 0 spiro atoms. The zero-order valence-electron chi connectivity index (χ0n) is 9.63. The number of hydrogen-bond acceptors (Lipinski definition) is 1. The molecule has 0 unspecified atom stereocenters. The Kier molecular flexibility index (Phi) is 4.99. The molecular weight excluding hydrogens is 172 g/mol. The second-order valence-corrected chi connectivity index (χ2v) is 4.71. The van der Waals surface area contributed by atoms with Gasteiger partial charge in [-0.05, 0) is 31.1 Å². The number of hydrogen-bond donors (Lipinski definition) is 1. The molecule has 0 aromatic carbocycles. The van der Waals surface area contributed by atoms with E-state index in [0.29, 0.717) is 0 Å². The molecule has 0 heterocycles. The van der Waals surface area contributed by atoms with Crippen molar-refractivity contribution in [2.24, 2.45) is 22.6 Å². The third-order valence-corrected chi connectivity index (χ3v) is 3.19. The van der Waals surface area contributed by atoms with E-state index in [1.807, 2.05) is 0 Å². The van der Waals surface area contributed by atoms with E-state index in [9.17, 15) is 0 Å². The highest BCUT2D eigenvalue weighted by Gasteiger charge is 2.17. The fourth-order valence-electron chi connectivity index (χ4n) is 2.09. The Morgan fingerprint density at radius 2 is 1.93 bits per heavy atom. The number of amidine groups is 1. The Bertz CT molecular complexity index is 179. The van der Waals surface area contributed by atoms with Crippen LogP contribution < -0.4 is 5.73 Å². The minimum absolute atomic E-state index is 0.807. The van der Waals surface area contributed by atoms with E-state index >= 15 is 0 Å². The molecule has 1 aliphatic rings. The number of nitrogens with zero attached hydrogens (tertiary/aromatic N) is 1. The Morgan fingerprint density at radius 3 is 2.50 bits per heavy atom. The van der Waals surface area contributed by atoms with Crippen molar-refractivity contribution in [2.45, 2.75) is 52.4 Å². The van der Waals surface area contributed by atoms with Gasteiger partial charge in [-0.3, -0.25) is 4.99 Å². The van der Waals surface area contributed by atoms with Crippen LogP contribution in [0.15, 0.2) is 4.99 Å². The summed E-state index contributed by atoms with van der Waals surface area (Å²) in [7, 11) is 0. The topological polar surface area (TPSA) is 38.4 Å². The normalized spacial score (nSPS) is 29.1. The van der Waals surface area contributed by atoms with E-state index in [4.69, 9.17) is 5.73 Å². The molecule has 0 aliphatic heterocycles. The first-order valence-corrected chi connectivity index (χ1v) is 6.01. The molecule has 2 heteroatoms. The van der Waals surface area contributed by atoms with Crippen LogP contribution >= 0.6 is 0 Å². The monoisotopic (exact) mass is 196 g/mol. The molecule has 0 aromatic rings. The average molecular weight is 196 g/mol. The van der Waals surface area contributed by atoms with Crippen LogP contribution in [0.2, 0.25) is 0 Å². The summed E-state index contributed by atoms with van der Waals surface area (Å²) in [4.78, 5) is 4.46. The lowest BCUT2D eigenvalue weighted by Gasteiger charge is -2.24. The predicted octanol–water partition coefficient (Wildman–Crippen LogP) is 2.97. The summed E-state index contributed by atoms with van der Waals surface area (Å²) in [5, 5.41) is 0. The van der Waals surface area contributed by atoms with E-state index in [-0.39, 0.29) is 0 Å². The summed E-state index contributed by atoms with van der Waals surface area (Å²) in [5.41, 5.74) is 5.78. The molecule has 0 atom stereocenters. The van der Waals surface area contributed by atoms with Crippen molar-refractivity contribution < 1.29 is 0 Å². The van der Waals surface area contributed by atoms with Crippen LogP contribution in [-0.4, -0.2) is 12.4 Å². The van der Waals surface area contributed by atoms with Gasteiger partial charge in [0.05, 0.1) is 5.84 Å².